The van der Waals surface area contributed by atoms with Crippen molar-refractivity contribution in [3.63, 3.8) is 0 Å². The summed E-state index contributed by atoms with van der Waals surface area (Å²) in [5.74, 6) is 0.233. The minimum atomic E-state index is -0.448. The van der Waals surface area contributed by atoms with Gasteiger partial charge in [0.25, 0.3) is 5.91 Å². The van der Waals surface area contributed by atoms with Crippen LogP contribution in [-0.4, -0.2) is 43.6 Å². The molecular weight excluding hydrogens is 319 g/mol. The van der Waals surface area contributed by atoms with Gasteiger partial charge in [0.05, 0.1) is 38.3 Å². The van der Waals surface area contributed by atoms with Crippen molar-refractivity contribution in [1.29, 1.82) is 0 Å². The van der Waals surface area contributed by atoms with Gasteiger partial charge in [-0.2, -0.15) is 0 Å². The summed E-state index contributed by atoms with van der Waals surface area (Å²) < 4.78 is 19.2. The van der Waals surface area contributed by atoms with Crippen LogP contribution in [-0.2, 0) is 6.54 Å². The number of amides is 1. The molecule has 0 atom stereocenters. The Morgan fingerprint density at radius 1 is 1.12 bits per heavy atom. The van der Waals surface area contributed by atoms with Crippen LogP contribution in [0, 0.1) is 5.82 Å². The highest BCUT2D eigenvalue weighted by atomic mass is 19.1. The van der Waals surface area contributed by atoms with E-state index in [2.05, 4.69) is 12.1 Å². The second kappa shape index (κ2) is 8.12. The first-order chi connectivity index (χ1) is 12.2. The number of rotatable bonds is 5. The van der Waals surface area contributed by atoms with Crippen LogP contribution in [0.15, 0.2) is 48.5 Å². The third-order valence-electron chi connectivity index (χ3n) is 4.55. The molecular formula is C20H24FN2O2+. The number of piperazine rings is 1. The van der Waals surface area contributed by atoms with Crippen molar-refractivity contribution in [2.45, 2.75) is 13.5 Å². The molecule has 132 valence electrons. The second-order valence-electron chi connectivity index (χ2n) is 6.28. The summed E-state index contributed by atoms with van der Waals surface area (Å²) in [7, 11) is 0. The van der Waals surface area contributed by atoms with Crippen molar-refractivity contribution >= 4 is 5.91 Å². The maximum absolute atomic E-state index is 13.8. The molecule has 0 aliphatic carbocycles. The van der Waals surface area contributed by atoms with Gasteiger partial charge in [-0.1, -0.05) is 12.1 Å². The second-order valence-corrected chi connectivity index (χ2v) is 6.28. The summed E-state index contributed by atoms with van der Waals surface area (Å²) in [5, 5.41) is 0. The van der Waals surface area contributed by atoms with Gasteiger partial charge < -0.3 is 14.5 Å². The zero-order valence-corrected chi connectivity index (χ0v) is 14.5. The van der Waals surface area contributed by atoms with Crippen LogP contribution in [0.25, 0.3) is 0 Å². The Kier molecular flexibility index (Phi) is 5.66. The molecule has 1 heterocycles. The Balaban J connectivity index is 1.53. The average molecular weight is 343 g/mol. The van der Waals surface area contributed by atoms with Crippen molar-refractivity contribution < 1.29 is 18.8 Å². The summed E-state index contributed by atoms with van der Waals surface area (Å²) in [6, 6.07) is 14.4. The summed E-state index contributed by atoms with van der Waals surface area (Å²) in [6.07, 6.45) is 0. The van der Waals surface area contributed by atoms with E-state index in [4.69, 9.17) is 4.74 Å². The van der Waals surface area contributed by atoms with E-state index >= 15 is 0 Å². The molecule has 1 N–H and O–H groups in total. The molecule has 1 aliphatic heterocycles. The van der Waals surface area contributed by atoms with E-state index in [0.717, 1.165) is 25.4 Å². The van der Waals surface area contributed by atoms with Gasteiger partial charge in [-0.25, -0.2) is 4.39 Å². The topological polar surface area (TPSA) is 34.0 Å². The Bertz CT molecular complexity index is 710. The molecule has 0 radical (unpaired) electrons. The first kappa shape index (κ1) is 17.4. The monoisotopic (exact) mass is 343 g/mol. The number of hydrogen-bond acceptors (Lipinski definition) is 2. The molecule has 2 aromatic rings. The zero-order valence-electron chi connectivity index (χ0n) is 14.5. The lowest BCUT2D eigenvalue weighted by atomic mass is 10.1. The molecule has 1 fully saturated rings. The number of nitrogens with zero attached hydrogens (tertiary/aromatic N) is 1. The molecule has 0 bridgehead atoms. The molecule has 5 heteroatoms. The molecule has 4 nitrogen and oxygen atoms in total. The molecule has 0 unspecified atom stereocenters. The molecule has 1 amide bonds. The van der Waals surface area contributed by atoms with Gasteiger partial charge in [0.15, 0.2) is 0 Å². The number of ether oxygens (including phenoxy) is 1. The molecule has 25 heavy (non-hydrogen) atoms. The fraction of sp³-hybridized carbons (Fsp3) is 0.350. The standard InChI is InChI=1S/C20H23FN2O2/c1-2-25-17-9-7-16(8-10-17)15-22-11-13-23(14-12-22)20(24)18-5-3-4-6-19(18)21/h3-10H,2,11-15H2,1H3/p+1. The summed E-state index contributed by atoms with van der Waals surface area (Å²) in [6.45, 7) is 6.61. The molecule has 3 rings (SSSR count). The van der Waals surface area contributed by atoms with Crippen LogP contribution in [0.4, 0.5) is 4.39 Å². The van der Waals surface area contributed by atoms with Crippen LogP contribution in [0.3, 0.4) is 0 Å². The zero-order chi connectivity index (χ0) is 17.6. The van der Waals surface area contributed by atoms with Gasteiger partial charge in [-0.05, 0) is 43.3 Å². The lowest BCUT2D eigenvalue weighted by molar-refractivity contribution is -0.917. The van der Waals surface area contributed by atoms with E-state index in [9.17, 15) is 9.18 Å². The first-order valence-corrected chi connectivity index (χ1v) is 8.76. The van der Waals surface area contributed by atoms with E-state index < -0.39 is 5.82 Å². The predicted molar refractivity (Wildman–Crippen MR) is 94.3 cm³/mol. The van der Waals surface area contributed by atoms with E-state index in [1.165, 1.54) is 16.5 Å². The number of quaternary nitrogens is 1. The SMILES string of the molecule is CCOc1ccc(C[NH+]2CCN(C(=O)c3ccccc3F)CC2)cc1. The van der Waals surface area contributed by atoms with E-state index in [-0.39, 0.29) is 11.5 Å². The van der Waals surface area contributed by atoms with Crippen molar-refractivity contribution in [2.75, 3.05) is 32.8 Å². The van der Waals surface area contributed by atoms with Crippen LogP contribution in [0.2, 0.25) is 0 Å². The van der Waals surface area contributed by atoms with Crippen molar-refractivity contribution in [2.24, 2.45) is 0 Å². The number of benzene rings is 2. The lowest BCUT2D eigenvalue weighted by Gasteiger charge is -2.32. The van der Waals surface area contributed by atoms with E-state index in [0.29, 0.717) is 19.7 Å². The van der Waals surface area contributed by atoms with Crippen LogP contribution in [0.5, 0.6) is 5.75 Å². The number of hydrogen-bond donors (Lipinski definition) is 1. The third-order valence-corrected chi connectivity index (χ3v) is 4.55. The smallest absolute Gasteiger partial charge is 0.257 e. The normalized spacial score (nSPS) is 15.2. The quantitative estimate of drug-likeness (QED) is 0.898. The van der Waals surface area contributed by atoms with Gasteiger partial charge >= 0.3 is 0 Å². The number of halogens is 1. The minimum Gasteiger partial charge on any atom is -0.494 e. The highest BCUT2D eigenvalue weighted by molar-refractivity contribution is 5.94. The fourth-order valence-electron chi connectivity index (χ4n) is 3.17. The molecule has 2 aromatic carbocycles. The van der Waals surface area contributed by atoms with E-state index in [1.807, 2.05) is 19.1 Å². The van der Waals surface area contributed by atoms with Gasteiger partial charge in [-0.15, -0.1) is 0 Å². The average Bonchev–Trinajstić information content (AvgIpc) is 2.64. The molecule has 1 saturated heterocycles. The Morgan fingerprint density at radius 2 is 1.80 bits per heavy atom. The van der Waals surface area contributed by atoms with Gasteiger partial charge in [0.1, 0.15) is 18.1 Å². The summed E-state index contributed by atoms with van der Waals surface area (Å²) in [4.78, 5) is 15.6. The number of carbonyl (C=O) groups is 1. The largest absolute Gasteiger partial charge is 0.494 e. The van der Waals surface area contributed by atoms with Gasteiger partial charge in [0, 0.05) is 5.56 Å². The summed E-state index contributed by atoms with van der Waals surface area (Å²) in [5.41, 5.74) is 1.42. The Morgan fingerprint density at radius 3 is 2.44 bits per heavy atom. The fourth-order valence-corrected chi connectivity index (χ4v) is 3.17. The highest BCUT2D eigenvalue weighted by Crippen LogP contribution is 2.12. The van der Waals surface area contributed by atoms with Gasteiger partial charge in [0.2, 0.25) is 0 Å². The molecule has 0 saturated carbocycles. The predicted octanol–water partition coefficient (Wildman–Crippen LogP) is 1.77. The number of carbonyl (C=O) groups excluding carboxylic acids is 1. The summed E-state index contributed by atoms with van der Waals surface area (Å²) >= 11 is 0. The Hall–Kier alpha value is -2.40. The van der Waals surface area contributed by atoms with E-state index in [1.54, 1.807) is 23.1 Å². The van der Waals surface area contributed by atoms with Crippen molar-refractivity contribution in [1.82, 2.24) is 4.90 Å². The lowest BCUT2D eigenvalue weighted by Crippen LogP contribution is -3.13. The maximum Gasteiger partial charge on any atom is 0.257 e. The molecule has 1 aliphatic rings. The van der Waals surface area contributed by atoms with Crippen LogP contribution in [0.1, 0.15) is 22.8 Å². The van der Waals surface area contributed by atoms with Gasteiger partial charge in [-0.3, -0.25) is 4.79 Å². The van der Waals surface area contributed by atoms with Crippen LogP contribution < -0.4 is 9.64 Å². The Labute approximate surface area is 147 Å². The molecule has 0 spiro atoms. The first-order valence-electron chi connectivity index (χ1n) is 8.76. The minimum absolute atomic E-state index is 0.164. The maximum atomic E-state index is 13.8. The third kappa shape index (κ3) is 4.37. The number of nitrogens with one attached hydrogen (secondary N) is 1. The molecule has 0 aromatic heterocycles. The van der Waals surface area contributed by atoms with Crippen molar-refractivity contribution in [3.05, 3.63) is 65.5 Å². The van der Waals surface area contributed by atoms with Crippen molar-refractivity contribution in [3.8, 4) is 5.75 Å². The highest BCUT2D eigenvalue weighted by Gasteiger charge is 2.25. The van der Waals surface area contributed by atoms with Crippen LogP contribution >= 0.6 is 0 Å².